The Bertz CT molecular complexity index is 871. The first kappa shape index (κ1) is 17.7. The van der Waals surface area contributed by atoms with E-state index in [4.69, 9.17) is 0 Å². The van der Waals surface area contributed by atoms with Crippen LogP contribution >= 0.6 is 0 Å². The van der Waals surface area contributed by atoms with Crippen molar-refractivity contribution in [2.75, 3.05) is 13.1 Å². The van der Waals surface area contributed by atoms with Crippen molar-refractivity contribution < 1.29 is 9.50 Å². The molecule has 2 aromatic heterocycles. The number of β-amino-alcohol motifs (C(OH)–C–C–N with tert-alkyl or cyclic N) is 1. The van der Waals surface area contributed by atoms with E-state index in [0.717, 1.165) is 29.8 Å². The summed E-state index contributed by atoms with van der Waals surface area (Å²) in [6.45, 7) is 2.13. The average molecular weight is 364 g/mol. The molecular weight excluding hydrogens is 343 g/mol. The van der Waals surface area contributed by atoms with Gasteiger partial charge >= 0.3 is 0 Å². The Kier molecular flexibility index (Phi) is 5.18. The molecule has 1 aliphatic heterocycles. The molecule has 1 fully saturated rings. The van der Waals surface area contributed by atoms with Gasteiger partial charge in [-0.1, -0.05) is 18.2 Å². The van der Waals surface area contributed by atoms with Crippen molar-refractivity contribution in [2.45, 2.75) is 25.0 Å². The van der Waals surface area contributed by atoms with E-state index in [1.165, 1.54) is 12.1 Å². The fourth-order valence-corrected chi connectivity index (χ4v) is 3.56. The molecule has 1 saturated heterocycles. The van der Waals surface area contributed by atoms with Crippen LogP contribution in [-0.2, 0) is 6.54 Å². The Labute approximate surface area is 157 Å². The van der Waals surface area contributed by atoms with E-state index in [1.54, 1.807) is 18.3 Å². The molecule has 27 heavy (non-hydrogen) atoms. The second kappa shape index (κ2) is 7.90. The first-order valence-corrected chi connectivity index (χ1v) is 9.07. The maximum atomic E-state index is 13.1. The Morgan fingerprint density at radius 3 is 2.48 bits per heavy atom. The van der Waals surface area contributed by atoms with Crippen LogP contribution in [0.3, 0.4) is 0 Å². The highest BCUT2D eigenvalue weighted by Crippen LogP contribution is 2.29. The lowest BCUT2D eigenvalue weighted by molar-refractivity contribution is 0.0475. The lowest BCUT2D eigenvalue weighted by Gasteiger charge is -2.36. The van der Waals surface area contributed by atoms with Crippen molar-refractivity contribution in [3.63, 3.8) is 0 Å². The van der Waals surface area contributed by atoms with Gasteiger partial charge in [0.25, 0.3) is 0 Å². The van der Waals surface area contributed by atoms with Crippen LogP contribution in [0.25, 0.3) is 11.5 Å². The number of nitrogens with zero attached hydrogens (tertiary/aromatic N) is 4. The lowest BCUT2D eigenvalue weighted by atomic mass is 9.87. The zero-order valence-corrected chi connectivity index (χ0v) is 14.9. The maximum Gasteiger partial charge on any atom is 0.178 e. The van der Waals surface area contributed by atoms with E-state index >= 15 is 0 Å². The van der Waals surface area contributed by atoms with Gasteiger partial charge in [-0.3, -0.25) is 9.88 Å². The van der Waals surface area contributed by atoms with E-state index in [1.807, 2.05) is 30.6 Å². The minimum absolute atomic E-state index is 0.0460. The number of hydrogen-bond donors (Lipinski definition) is 1. The monoisotopic (exact) mass is 364 g/mol. The second-order valence-electron chi connectivity index (χ2n) is 6.88. The summed E-state index contributed by atoms with van der Waals surface area (Å²) in [7, 11) is 0. The standard InChI is InChI=1S/C21H21FN4O/c22-17-6-4-16(5-7-17)18-8-10-26(14-20(18)27)13-15-11-24-21(25-12-15)19-3-1-2-9-23-19/h1-7,9,11-12,18,20,27H,8,10,13-14H2/t18-,20+/m0/s1. The van der Waals surface area contributed by atoms with Crippen molar-refractivity contribution in [2.24, 2.45) is 0 Å². The summed E-state index contributed by atoms with van der Waals surface area (Å²) >= 11 is 0. The number of halogens is 1. The lowest BCUT2D eigenvalue weighted by Crippen LogP contribution is -2.42. The summed E-state index contributed by atoms with van der Waals surface area (Å²) in [5.41, 5.74) is 2.74. The summed E-state index contributed by atoms with van der Waals surface area (Å²) in [5.74, 6) is 0.402. The van der Waals surface area contributed by atoms with Gasteiger partial charge in [-0.05, 0) is 42.8 Å². The summed E-state index contributed by atoms with van der Waals surface area (Å²) < 4.78 is 13.1. The van der Waals surface area contributed by atoms with Gasteiger partial charge in [0, 0.05) is 43.2 Å². The quantitative estimate of drug-likeness (QED) is 0.771. The molecular formula is C21H21FN4O. The summed E-state index contributed by atoms with van der Waals surface area (Å²) in [6.07, 6.45) is 5.71. The smallest absolute Gasteiger partial charge is 0.178 e. The zero-order chi connectivity index (χ0) is 18.6. The third-order valence-electron chi connectivity index (χ3n) is 4.97. The molecule has 5 nitrogen and oxygen atoms in total. The van der Waals surface area contributed by atoms with E-state index in [9.17, 15) is 9.50 Å². The Morgan fingerprint density at radius 2 is 1.81 bits per heavy atom. The highest BCUT2D eigenvalue weighted by Gasteiger charge is 2.28. The SMILES string of the molecule is O[C@@H]1CN(Cc2cnc(-c3ccccn3)nc2)CC[C@H]1c1ccc(F)cc1. The Morgan fingerprint density at radius 1 is 1.04 bits per heavy atom. The number of benzene rings is 1. The van der Waals surface area contributed by atoms with Gasteiger partial charge in [0.05, 0.1) is 6.10 Å². The van der Waals surface area contributed by atoms with Crippen LogP contribution < -0.4 is 0 Å². The van der Waals surface area contributed by atoms with Crippen LogP contribution in [0.1, 0.15) is 23.5 Å². The van der Waals surface area contributed by atoms with Gasteiger partial charge in [0.2, 0.25) is 0 Å². The largest absolute Gasteiger partial charge is 0.391 e. The average Bonchev–Trinajstić information content (AvgIpc) is 2.70. The molecule has 1 aromatic carbocycles. The van der Waals surface area contributed by atoms with Gasteiger partial charge in [-0.15, -0.1) is 0 Å². The number of piperidine rings is 1. The molecule has 1 N–H and O–H groups in total. The molecule has 1 aliphatic rings. The zero-order valence-electron chi connectivity index (χ0n) is 14.9. The molecule has 0 radical (unpaired) electrons. The normalized spacial score (nSPS) is 20.5. The third kappa shape index (κ3) is 4.18. The molecule has 0 saturated carbocycles. The van der Waals surface area contributed by atoms with E-state index in [0.29, 0.717) is 18.9 Å². The van der Waals surface area contributed by atoms with Crippen molar-refractivity contribution in [3.05, 3.63) is 78.0 Å². The fraction of sp³-hybridized carbons (Fsp3) is 0.286. The van der Waals surface area contributed by atoms with Crippen LogP contribution in [0.5, 0.6) is 0 Å². The number of aliphatic hydroxyl groups excluding tert-OH is 1. The Balaban J connectivity index is 1.38. The van der Waals surface area contributed by atoms with E-state index in [-0.39, 0.29) is 11.7 Å². The van der Waals surface area contributed by atoms with E-state index in [2.05, 4.69) is 19.9 Å². The molecule has 6 heteroatoms. The number of likely N-dealkylation sites (tertiary alicyclic amines) is 1. The molecule has 0 aliphatic carbocycles. The summed E-state index contributed by atoms with van der Waals surface area (Å²) in [4.78, 5) is 15.3. The van der Waals surface area contributed by atoms with Gasteiger partial charge < -0.3 is 5.11 Å². The van der Waals surface area contributed by atoms with Gasteiger partial charge in [0.15, 0.2) is 5.82 Å². The molecule has 2 atom stereocenters. The summed E-state index contributed by atoms with van der Waals surface area (Å²) in [6, 6.07) is 12.1. The second-order valence-corrected chi connectivity index (χ2v) is 6.88. The minimum Gasteiger partial charge on any atom is -0.391 e. The number of aromatic nitrogens is 3. The van der Waals surface area contributed by atoms with Crippen LogP contribution in [0.15, 0.2) is 61.1 Å². The Hall–Kier alpha value is -2.70. The molecule has 3 heterocycles. The summed E-state index contributed by atoms with van der Waals surface area (Å²) in [5, 5.41) is 10.6. The molecule has 4 rings (SSSR count). The van der Waals surface area contributed by atoms with Gasteiger partial charge in [-0.25, -0.2) is 14.4 Å². The molecule has 0 spiro atoms. The predicted octanol–water partition coefficient (Wildman–Crippen LogP) is 3.03. The first-order valence-electron chi connectivity index (χ1n) is 9.07. The van der Waals surface area contributed by atoms with E-state index < -0.39 is 6.10 Å². The van der Waals surface area contributed by atoms with Crippen molar-refractivity contribution in [3.8, 4) is 11.5 Å². The topological polar surface area (TPSA) is 62.1 Å². The number of rotatable bonds is 4. The highest BCUT2D eigenvalue weighted by atomic mass is 19.1. The van der Waals surface area contributed by atoms with Gasteiger partial charge in [0.1, 0.15) is 11.5 Å². The molecule has 0 unspecified atom stereocenters. The number of hydrogen-bond acceptors (Lipinski definition) is 5. The van der Waals surface area contributed by atoms with Crippen molar-refractivity contribution in [1.82, 2.24) is 19.9 Å². The maximum absolute atomic E-state index is 13.1. The molecule has 138 valence electrons. The minimum atomic E-state index is -0.474. The number of pyridine rings is 1. The predicted molar refractivity (Wildman–Crippen MR) is 100 cm³/mol. The van der Waals surface area contributed by atoms with Crippen molar-refractivity contribution in [1.29, 1.82) is 0 Å². The first-order chi connectivity index (χ1) is 13.2. The van der Waals surface area contributed by atoms with Gasteiger partial charge in [-0.2, -0.15) is 0 Å². The molecule has 0 amide bonds. The van der Waals surface area contributed by atoms with Crippen LogP contribution in [0.2, 0.25) is 0 Å². The highest BCUT2D eigenvalue weighted by molar-refractivity contribution is 5.47. The van der Waals surface area contributed by atoms with Crippen LogP contribution in [-0.4, -0.2) is 44.2 Å². The third-order valence-corrected chi connectivity index (χ3v) is 4.97. The molecule has 0 bridgehead atoms. The number of aliphatic hydroxyl groups is 1. The van der Waals surface area contributed by atoms with Crippen LogP contribution in [0, 0.1) is 5.82 Å². The van der Waals surface area contributed by atoms with Crippen molar-refractivity contribution >= 4 is 0 Å². The molecule has 3 aromatic rings. The van der Waals surface area contributed by atoms with Crippen LogP contribution in [0.4, 0.5) is 4.39 Å². The fourth-order valence-electron chi connectivity index (χ4n) is 3.56.